The van der Waals surface area contributed by atoms with E-state index in [4.69, 9.17) is 0 Å². The van der Waals surface area contributed by atoms with Crippen molar-refractivity contribution in [3.63, 3.8) is 0 Å². The van der Waals surface area contributed by atoms with Crippen LogP contribution in [0.1, 0.15) is 39.0 Å². The van der Waals surface area contributed by atoms with Gasteiger partial charge in [0.25, 0.3) is 0 Å². The first-order valence-electron chi connectivity index (χ1n) is 4.17. The maximum Gasteiger partial charge on any atom is -0.0316 e. The molecule has 0 bridgehead atoms. The van der Waals surface area contributed by atoms with Crippen LogP contribution in [0, 0.1) is 0 Å². The third-order valence-electron chi connectivity index (χ3n) is 1.43. The van der Waals surface area contributed by atoms with Crippen LogP contribution in [0.2, 0.25) is 0 Å². The van der Waals surface area contributed by atoms with Crippen molar-refractivity contribution in [1.82, 2.24) is 0 Å². The van der Waals surface area contributed by atoms with E-state index in [0.717, 1.165) is 12.8 Å². The Kier molecular flexibility index (Phi) is 8.04. The molecule has 0 aromatic carbocycles. The summed E-state index contributed by atoms with van der Waals surface area (Å²) in [6.45, 7) is 5.88. The van der Waals surface area contributed by atoms with Crippen molar-refractivity contribution < 1.29 is 0 Å². The van der Waals surface area contributed by atoms with Gasteiger partial charge in [0.1, 0.15) is 0 Å². The first-order chi connectivity index (χ1) is 4.91. The maximum atomic E-state index is 3.66. The number of hydrogen-bond acceptors (Lipinski definition) is 0. The molecule has 0 aliphatic carbocycles. The van der Waals surface area contributed by atoms with Crippen molar-refractivity contribution in [2.24, 2.45) is 0 Å². The smallest absolute Gasteiger partial charge is 0.0316 e. The van der Waals surface area contributed by atoms with E-state index in [1.807, 2.05) is 6.08 Å². The van der Waals surface area contributed by atoms with E-state index in [1.165, 1.54) is 19.3 Å². The van der Waals surface area contributed by atoms with Crippen LogP contribution in [-0.2, 0) is 0 Å². The van der Waals surface area contributed by atoms with Gasteiger partial charge in [-0.1, -0.05) is 38.0 Å². The summed E-state index contributed by atoms with van der Waals surface area (Å²) in [5.74, 6) is 0. The predicted molar refractivity (Wildman–Crippen MR) is 48.1 cm³/mol. The highest BCUT2D eigenvalue weighted by Gasteiger charge is 1.77. The second kappa shape index (κ2) is 8.48. The summed E-state index contributed by atoms with van der Waals surface area (Å²) in [5.41, 5.74) is 0. The summed E-state index contributed by atoms with van der Waals surface area (Å²) in [7, 11) is 0. The standard InChI is InChI=1S/C10H18/c1-3-5-7-9-10-8-6-4-2/h3,9-10H,1,4-8H2,2H3/b10-9+. The third kappa shape index (κ3) is 7.48. The molecule has 0 saturated carbocycles. The lowest BCUT2D eigenvalue weighted by Crippen LogP contribution is -1.67. The summed E-state index contributed by atoms with van der Waals surface area (Å²) < 4.78 is 0. The van der Waals surface area contributed by atoms with Crippen molar-refractivity contribution in [3.05, 3.63) is 24.8 Å². The average Bonchev–Trinajstić information content (AvgIpc) is 1.97. The van der Waals surface area contributed by atoms with E-state index in [1.54, 1.807) is 0 Å². The highest BCUT2D eigenvalue weighted by atomic mass is 13.8. The van der Waals surface area contributed by atoms with Crippen LogP contribution < -0.4 is 0 Å². The molecule has 0 atom stereocenters. The van der Waals surface area contributed by atoms with Gasteiger partial charge in [0.2, 0.25) is 0 Å². The number of rotatable bonds is 6. The highest BCUT2D eigenvalue weighted by Crippen LogP contribution is 1.97. The van der Waals surface area contributed by atoms with Crippen LogP contribution in [-0.4, -0.2) is 0 Å². The molecule has 0 nitrogen and oxygen atoms in total. The average molecular weight is 138 g/mol. The number of unbranched alkanes of at least 4 members (excludes halogenated alkanes) is 3. The zero-order valence-corrected chi connectivity index (χ0v) is 6.97. The number of allylic oxidation sites excluding steroid dienone is 3. The Hall–Kier alpha value is -0.520. The van der Waals surface area contributed by atoms with Gasteiger partial charge in [-0.15, -0.1) is 6.58 Å². The second-order valence-electron chi connectivity index (χ2n) is 2.48. The Labute approximate surface area is 64.6 Å². The Bertz CT molecular complexity index is 90.2. The molecule has 0 saturated heterocycles. The molecule has 0 aliphatic heterocycles. The second-order valence-corrected chi connectivity index (χ2v) is 2.48. The largest absolute Gasteiger partial charge is 0.103 e. The van der Waals surface area contributed by atoms with Crippen molar-refractivity contribution in [1.29, 1.82) is 0 Å². The maximum absolute atomic E-state index is 3.66. The molecule has 0 N–H and O–H groups in total. The minimum Gasteiger partial charge on any atom is -0.103 e. The zero-order valence-electron chi connectivity index (χ0n) is 6.97. The van der Waals surface area contributed by atoms with Crippen LogP contribution in [0.3, 0.4) is 0 Å². The Morgan fingerprint density at radius 2 is 1.80 bits per heavy atom. The summed E-state index contributed by atoms with van der Waals surface area (Å²) in [4.78, 5) is 0. The van der Waals surface area contributed by atoms with E-state index < -0.39 is 0 Å². The predicted octanol–water partition coefficient (Wildman–Crippen LogP) is 3.70. The summed E-state index contributed by atoms with van der Waals surface area (Å²) in [6, 6.07) is 0. The van der Waals surface area contributed by atoms with Gasteiger partial charge >= 0.3 is 0 Å². The van der Waals surface area contributed by atoms with Crippen molar-refractivity contribution in [3.8, 4) is 0 Å². The zero-order chi connectivity index (χ0) is 7.66. The summed E-state index contributed by atoms with van der Waals surface area (Å²) >= 11 is 0. The topological polar surface area (TPSA) is 0 Å². The van der Waals surface area contributed by atoms with Gasteiger partial charge in [-0.25, -0.2) is 0 Å². The molecule has 0 aromatic rings. The van der Waals surface area contributed by atoms with Gasteiger partial charge < -0.3 is 0 Å². The Morgan fingerprint density at radius 1 is 1.10 bits per heavy atom. The minimum atomic E-state index is 1.11. The van der Waals surface area contributed by atoms with E-state index in [-0.39, 0.29) is 0 Å². The van der Waals surface area contributed by atoms with E-state index in [0.29, 0.717) is 0 Å². The highest BCUT2D eigenvalue weighted by molar-refractivity contribution is 4.83. The monoisotopic (exact) mass is 138 g/mol. The van der Waals surface area contributed by atoms with E-state index in [2.05, 4.69) is 25.7 Å². The van der Waals surface area contributed by atoms with Gasteiger partial charge in [-0.3, -0.25) is 0 Å². The lowest BCUT2D eigenvalue weighted by molar-refractivity contribution is 0.811. The third-order valence-corrected chi connectivity index (χ3v) is 1.43. The van der Waals surface area contributed by atoms with Crippen LogP contribution in [0.5, 0.6) is 0 Å². The van der Waals surface area contributed by atoms with Crippen molar-refractivity contribution in [2.45, 2.75) is 39.0 Å². The molecule has 0 fully saturated rings. The molecular weight excluding hydrogens is 120 g/mol. The molecule has 0 aromatic heterocycles. The molecule has 0 rings (SSSR count). The minimum absolute atomic E-state index is 1.11. The van der Waals surface area contributed by atoms with E-state index in [9.17, 15) is 0 Å². The number of hydrogen-bond donors (Lipinski definition) is 0. The Morgan fingerprint density at radius 3 is 2.40 bits per heavy atom. The van der Waals surface area contributed by atoms with Gasteiger partial charge in [-0.05, 0) is 19.3 Å². The van der Waals surface area contributed by atoms with Crippen molar-refractivity contribution in [2.75, 3.05) is 0 Å². The summed E-state index contributed by atoms with van der Waals surface area (Å²) in [6.07, 6.45) is 12.6. The van der Waals surface area contributed by atoms with E-state index >= 15 is 0 Å². The normalized spacial score (nSPS) is 10.5. The van der Waals surface area contributed by atoms with Gasteiger partial charge in [0.15, 0.2) is 0 Å². The first-order valence-corrected chi connectivity index (χ1v) is 4.17. The molecule has 0 spiro atoms. The molecule has 0 heterocycles. The molecule has 0 heteroatoms. The fraction of sp³-hybridized carbons (Fsp3) is 0.600. The van der Waals surface area contributed by atoms with Gasteiger partial charge in [0.05, 0.1) is 0 Å². The van der Waals surface area contributed by atoms with Crippen LogP contribution in [0.4, 0.5) is 0 Å². The SMILES string of the molecule is C=CCC/C=C/CCCC. The molecule has 10 heavy (non-hydrogen) atoms. The Balaban J connectivity index is 2.96. The molecule has 0 aliphatic rings. The van der Waals surface area contributed by atoms with Crippen LogP contribution >= 0.6 is 0 Å². The van der Waals surface area contributed by atoms with Crippen molar-refractivity contribution >= 4 is 0 Å². The first kappa shape index (κ1) is 9.48. The van der Waals surface area contributed by atoms with Crippen LogP contribution in [0.15, 0.2) is 24.8 Å². The fourth-order valence-electron chi connectivity index (χ4n) is 0.772. The molecular formula is C10H18. The molecule has 0 radical (unpaired) electrons. The molecule has 0 amide bonds. The summed E-state index contributed by atoms with van der Waals surface area (Å²) in [5, 5.41) is 0. The van der Waals surface area contributed by atoms with Gasteiger partial charge in [0, 0.05) is 0 Å². The quantitative estimate of drug-likeness (QED) is 0.388. The fourth-order valence-corrected chi connectivity index (χ4v) is 0.772. The van der Waals surface area contributed by atoms with Crippen LogP contribution in [0.25, 0.3) is 0 Å². The lowest BCUT2D eigenvalue weighted by atomic mass is 10.2. The lowest BCUT2D eigenvalue weighted by Gasteiger charge is -1.87. The molecule has 0 unspecified atom stereocenters. The molecule has 58 valence electrons. The van der Waals surface area contributed by atoms with Gasteiger partial charge in [-0.2, -0.15) is 0 Å².